The first-order valence-corrected chi connectivity index (χ1v) is 8.35. The summed E-state index contributed by atoms with van der Waals surface area (Å²) in [5.74, 6) is 0.278. The van der Waals surface area contributed by atoms with Gasteiger partial charge in [0.1, 0.15) is 23.2 Å². The maximum absolute atomic E-state index is 12.6. The van der Waals surface area contributed by atoms with Gasteiger partial charge in [0.05, 0.1) is 21.3 Å². The van der Waals surface area contributed by atoms with Gasteiger partial charge in [-0.3, -0.25) is 19.7 Å². The van der Waals surface area contributed by atoms with Crippen LogP contribution in [0.25, 0.3) is 34.1 Å². The van der Waals surface area contributed by atoms with Crippen LogP contribution in [0.3, 0.4) is 0 Å². The van der Waals surface area contributed by atoms with Crippen LogP contribution < -0.4 is 10.9 Å². The molecule has 0 aliphatic carbocycles. The molecule has 0 aliphatic rings. The lowest BCUT2D eigenvalue weighted by molar-refractivity contribution is -0.384. The molecular weight excluding hydrogens is 362 g/mol. The first kappa shape index (κ1) is 17.4. The van der Waals surface area contributed by atoms with Crippen molar-refractivity contribution >= 4 is 39.8 Å². The Morgan fingerprint density at radius 3 is 2.54 bits per heavy atom. The zero-order valence-corrected chi connectivity index (χ0v) is 14.7. The van der Waals surface area contributed by atoms with E-state index in [0.717, 1.165) is 5.56 Å². The molecule has 138 valence electrons. The van der Waals surface area contributed by atoms with Gasteiger partial charge in [0.2, 0.25) is 0 Å². The van der Waals surface area contributed by atoms with Crippen molar-refractivity contribution in [3.63, 3.8) is 0 Å². The van der Waals surface area contributed by atoms with Gasteiger partial charge in [-0.25, -0.2) is 0 Å². The summed E-state index contributed by atoms with van der Waals surface area (Å²) in [7, 11) is 0. The smallest absolute Gasteiger partial charge is 0.270 e. The van der Waals surface area contributed by atoms with Gasteiger partial charge in [0, 0.05) is 18.2 Å². The van der Waals surface area contributed by atoms with Crippen molar-refractivity contribution < 1.29 is 13.8 Å². The molecular formula is C21H13NO6. The number of nitrogens with zero attached hydrogens (tertiary/aromatic N) is 1. The second-order valence-electron chi connectivity index (χ2n) is 6.30. The van der Waals surface area contributed by atoms with Crippen molar-refractivity contribution in [3.8, 4) is 0 Å². The first-order chi connectivity index (χ1) is 13.4. The van der Waals surface area contributed by atoms with Crippen molar-refractivity contribution in [2.75, 3.05) is 0 Å². The van der Waals surface area contributed by atoms with Crippen LogP contribution in [0.4, 0.5) is 5.69 Å². The number of hydrogen-bond donors (Lipinski definition) is 0. The van der Waals surface area contributed by atoms with Crippen LogP contribution in [0.2, 0.25) is 0 Å². The quantitative estimate of drug-likeness (QED) is 0.391. The highest BCUT2D eigenvalue weighted by Crippen LogP contribution is 2.20. The van der Waals surface area contributed by atoms with Crippen LogP contribution in [0.5, 0.6) is 0 Å². The van der Waals surface area contributed by atoms with Crippen LogP contribution >= 0.6 is 0 Å². The van der Waals surface area contributed by atoms with Crippen molar-refractivity contribution in [1.82, 2.24) is 0 Å². The number of nitro groups is 1. The fraction of sp³-hybridized carbons (Fsp3) is 0.0476. The SMILES string of the molecule is Cc1ccc2oc(C=Cc3coc4ccc([N+](=O)[O-])cc4c3=O)cc(=O)c2c1. The van der Waals surface area contributed by atoms with E-state index in [1.165, 1.54) is 42.7 Å². The topological polar surface area (TPSA) is 104 Å². The van der Waals surface area contributed by atoms with E-state index in [4.69, 9.17) is 8.83 Å². The normalized spacial score (nSPS) is 11.5. The molecule has 2 aromatic heterocycles. The van der Waals surface area contributed by atoms with E-state index >= 15 is 0 Å². The molecule has 0 bridgehead atoms. The minimum atomic E-state index is -0.577. The summed E-state index contributed by atoms with van der Waals surface area (Å²) < 4.78 is 11.1. The van der Waals surface area contributed by atoms with Crippen LogP contribution in [-0.4, -0.2) is 4.92 Å². The van der Waals surface area contributed by atoms with Gasteiger partial charge < -0.3 is 8.83 Å². The molecule has 28 heavy (non-hydrogen) atoms. The minimum Gasteiger partial charge on any atom is -0.463 e. The molecule has 2 aromatic carbocycles. The highest BCUT2D eigenvalue weighted by Gasteiger charge is 2.11. The van der Waals surface area contributed by atoms with Crippen molar-refractivity contribution in [2.24, 2.45) is 0 Å². The summed E-state index contributed by atoms with van der Waals surface area (Å²) >= 11 is 0. The molecule has 0 amide bonds. The highest BCUT2D eigenvalue weighted by atomic mass is 16.6. The van der Waals surface area contributed by atoms with Gasteiger partial charge in [-0.05, 0) is 37.3 Å². The van der Waals surface area contributed by atoms with E-state index in [1.807, 2.05) is 13.0 Å². The molecule has 0 saturated heterocycles. The Kier molecular flexibility index (Phi) is 4.12. The van der Waals surface area contributed by atoms with Gasteiger partial charge in [-0.1, -0.05) is 11.6 Å². The molecule has 0 saturated carbocycles. The number of hydrogen-bond acceptors (Lipinski definition) is 6. The Balaban J connectivity index is 1.78. The van der Waals surface area contributed by atoms with Crippen LogP contribution in [-0.2, 0) is 0 Å². The summed E-state index contributed by atoms with van der Waals surface area (Å²) in [5.41, 5.74) is 1.02. The molecule has 0 atom stereocenters. The third kappa shape index (κ3) is 3.09. The summed E-state index contributed by atoms with van der Waals surface area (Å²) in [5, 5.41) is 11.5. The molecule has 7 nitrogen and oxygen atoms in total. The largest absolute Gasteiger partial charge is 0.463 e. The molecule has 4 aromatic rings. The summed E-state index contributed by atoms with van der Waals surface area (Å²) in [4.78, 5) is 35.2. The Bertz CT molecular complexity index is 1390. The predicted octanol–water partition coefficient (Wildman–Crippen LogP) is 4.29. The highest BCUT2D eigenvalue weighted by molar-refractivity contribution is 5.83. The molecule has 0 fully saturated rings. The third-order valence-corrected chi connectivity index (χ3v) is 4.32. The molecule has 0 N–H and O–H groups in total. The predicted molar refractivity (Wildman–Crippen MR) is 105 cm³/mol. The van der Waals surface area contributed by atoms with Crippen LogP contribution in [0, 0.1) is 17.0 Å². The Morgan fingerprint density at radius 1 is 0.964 bits per heavy atom. The fourth-order valence-electron chi connectivity index (χ4n) is 2.91. The zero-order chi connectivity index (χ0) is 19.8. The lowest BCUT2D eigenvalue weighted by Crippen LogP contribution is -2.05. The maximum atomic E-state index is 12.6. The Morgan fingerprint density at radius 2 is 1.75 bits per heavy atom. The van der Waals surface area contributed by atoms with Crippen molar-refractivity contribution in [3.05, 3.63) is 96.2 Å². The summed E-state index contributed by atoms with van der Waals surface area (Å²) in [6, 6.07) is 10.5. The van der Waals surface area contributed by atoms with Gasteiger partial charge >= 0.3 is 0 Å². The number of rotatable bonds is 3. The maximum Gasteiger partial charge on any atom is 0.270 e. The molecule has 0 aliphatic heterocycles. The number of non-ortho nitro benzene ring substituents is 1. The van der Waals surface area contributed by atoms with Crippen LogP contribution in [0.15, 0.2) is 67.2 Å². The lowest BCUT2D eigenvalue weighted by Gasteiger charge is -2.01. The molecule has 4 rings (SSSR count). The van der Waals surface area contributed by atoms with E-state index in [9.17, 15) is 19.7 Å². The number of nitro benzene ring substituents is 1. The standard InChI is InChI=1S/C21H13NO6/c1-12-2-6-20-16(8-12)18(23)10-15(28-20)5-3-13-11-27-19-7-4-14(22(25)26)9-17(19)21(13)24/h2-11H,1H3. The molecule has 2 heterocycles. The van der Waals surface area contributed by atoms with Crippen molar-refractivity contribution in [1.29, 1.82) is 0 Å². The lowest BCUT2D eigenvalue weighted by atomic mass is 10.1. The molecule has 0 radical (unpaired) electrons. The second kappa shape index (κ2) is 6.62. The van der Waals surface area contributed by atoms with E-state index in [0.29, 0.717) is 11.0 Å². The summed E-state index contributed by atoms with van der Waals surface area (Å²) in [6.07, 6.45) is 4.19. The second-order valence-corrected chi connectivity index (χ2v) is 6.30. The number of aryl methyl sites for hydroxylation is 1. The minimum absolute atomic E-state index is 0.104. The number of fused-ring (bicyclic) bond motifs is 2. The number of benzene rings is 2. The first-order valence-electron chi connectivity index (χ1n) is 8.35. The Hall–Kier alpha value is -4.00. The van der Waals surface area contributed by atoms with E-state index in [-0.39, 0.29) is 33.4 Å². The monoisotopic (exact) mass is 375 g/mol. The van der Waals surface area contributed by atoms with Gasteiger partial charge in [0.25, 0.3) is 5.69 Å². The zero-order valence-electron chi connectivity index (χ0n) is 14.7. The average Bonchev–Trinajstić information content (AvgIpc) is 2.68. The van der Waals surface area contributed by atoms with Gasteiger partial charge in [0.15, 0.2) is 10.9 Å². The average molecular weight is 375 g/mol. The Labute approximate surface area is 157 Å². The van der Waals surface area contributed by atoms with Gasteiger partial charge in [-0.15, -0.1) is 0 Å². The molecule has 7 heteroatoms. The molecule has 0 unspecified atom stereocenters. The summed E-state index contributed by atoms with van der Waals surface area (Å²) in [6.45, 7) is 1.88. The van der Waals surface area contributed by atoms with Crippen molar-refractivity contribution in [2.45, 2.75) is 6.92 Å². The van der Waals surface area contributed by atoms with E-state index in [2.05, 4.69) is 0 Å². The third-order valence-electron chi connectivity index (χ3n) is 4.32. The fourth-order valence-corrected chi connectivity index (χ4v) is 2.91. The van der Waals surface area contributed by atoms with E-state index in [1.54, 1.807) is 12.1 Å². The van der Waals surface area contributed by atoms with E-state index < -0.39 is 10.4 Å². The van der Waals surface area contributed by atoms with Crippen LogP contribution in [0.1, 0.15) is 16.9 Å². The van der Waals surface area contributed by atoms with Gasteiger partial charge in [-0.2, -0.15) is 0 Å². The molecule has 0 spiro atoms.